The molecule has 2 rings (SSSR count). The van der Waals surface area contributed by atoms with Crippen molar-refractivity contribution in [2.24, 2.45) is 0 Å². The maximum atomic E-state index is 9.82. The molecule has 2 aromatic rings. The molecule has 3 nitrogen and oxygen atoms in total. The molecule has 3 heteroatoms. The van der Waals surface area contributed by atoms with Crippen molar-refractivity contribution >= 4 is 5.69 Å². The first-order chi connectivity index (χ1) is 9.06. The molecule has 0 unspecified atom stereocenters. The maximum absolute atomic E-state index is 9.82. The molecule has 0 aromatic heterocycles. The minimum absolute atomic E-state index is 0.297. The number of phenols is 1. The van der Waals surface area contributed by atoms with E-state index in [0.29, 0.717) is 18.0 Å². The van der Waals surface area contributed by atoms with Crippen LogP contribution < -0.4 is 5.73 Å². The van der Waals surface area contributed by atoms with Crippen LogP contribution in [-0.2, 0) is 13.1 Å². The molecule has 19 heavy (non-hydrogen) atoms. The van der Waals surface area contributed by atoms with E-state index < -0.39 is 0 Å². The van der Waals surface area contributed by atoms with E-state index in [1.807, 2.05) is 25.2 Å². The van der Waals surface area contributed by atoms with Gasteiger partial charge in [0.05, 0.1) is 0 Å². The number of hydrogen-bond acceptors (Lipinski definition) is 3. The molecular formula is C16H20N2O. The van der Waals surface area contributed by atoms with E-state index in [1.54, 1.807) is 12.1 Å². The van der Waals surface area contributed by atoms with Crippen molar-refractivity contribution in [3.8, 4) is 5.75 Å². The van der Waals surface area contributed by atoms with Crippen molar-refractivity contribution in [2.75, 3.05) is 12.8 Å². The number of aryl methyl sites for hydroxylation is 1. The van der Waals surface area contributed by atoms with E-state index in [9.17, 15) is 5.11 Å². The normalized spacial score (nSPS) is 10.9. The third kappa shape index (κ3) is 3.48. The Morgan fingerprint density at radius 1 is 1.05 bits per heavy atom. The fraction of sp³-hybridized carbons (Fsp3) is 0.250. The van der Waals surface area contributed by atoms with Crippen molar-refractivity contribution in [3.63, 3.8) is 0 Å². The Balaban J connectivity index is 2.07. The highest BCUT2D eigenvalue weighted by Crippen LogP contribution is 2.22. The summed E-state index contributed by atoms with van der Waals surface area (Å²) in [6, 6.07) is 13.5. The minimum Gasteiger partial charge on any atom is -0.508 e. The summed E-state index contributed by atoms with van der Waals surface area (Å²) in [6.07, 6.45) is 0. The molecule has 0 aliphatic carbocycles. The lowest BCUT2D eigenvalue weighted by Gasteiger charge is -2.19. The van der Waals surface area contributed by atoms with Crippen LogP contribution in [0.5, 0.6) is 5.75 Å². The lowest BCUT2D eigenvalue weighted by atomic mass is 10.1. The summed E-state index contributed by atoms with van der Waals surface area (Å²) in [5.74, 6) is 0.297. The van der Waals surface area contributed by atoms with Crippen LogP contribution in [0.15, 0.2) is 42.5 Å². The Bertz CT molecular complexity index is 566. The van der Waals surface area contributed by atoms with Crippen LogP contribution >= 0.6 is 0 Å². The van der Waals surface area contributed by atoms with Crippen molar-refractivity contribution in [1.29, 1.82) is 0 Å². The molecule has 0 saturated heterocycles. The van der Waals surface area contributed by atoms with Crippen LogP contribution in [0.1, 0.15) is 16.7 Å². The Hall–Kier alpha value is -2.00. The second-order valence-corrected chi connectivity index (χ2v) is 4.99. The number of aromatic hydroxyl groups is 1. The first-order valence-corrected chi connectivity index (χ1v) is 6.36. The van der Waals surface area contributed by atoms with Gasteiger partial charge < -0.3 is 10.8 Å². The SMILES string of the molecule is Cc1ccccc1CN(C)Cc1cc(N)ccc1O. The first-order valence-electron chi connectivity index (χ1n) is 6.36. The predicted molar refractivity (Wildman–Crippen MR) is 78.9 cm³/mol. The number of nitrogen functional groups attached to an aromatic ring is 1. The quantitative estimate of drug-likeness (QED) is 0.653. The number of phenolic OH excluding ortho intramolecular Hbond substituents is 1. The summed E-state index contributed by atoms with van der Waals surface area (Å²) in [7, 11) is 2.04. The van der Waals surface area contributed by atoms with Gasteiger partial charge in [-0.3, -0.25) is 4.90 Å². The van der Waals surface area contributed by atoms with E-state index in [-0.39, 0.29) is 0 Å². The van der Waals surface area contributed by atoms with Gasteiger partial charge in [-0.15, -0.1) is 0 Å². The Morgan fingerprint density at radius 3 is 2.47 bits per heavy atom. The van der Waals surface area contributed by atoms with Gasteiger partial charge in [-0.2, -0.15) is 0 Å². The predicted octanol–water partition coefficient (Wildman–Crippen LogP) is 2.91. The van der Waals surface area contributed by atoms with Crippen LogP contribution in [0.3, 0.4) is 0 Å². The molecule has 0 aliphatic rings. The topological polar surface area (TPSA) is 49.5 Å². The van der Waals surface area contributed by atoms with Gasteiger partial charge in [0.1, 0.15) is 5.75 Å². The molecule has 100 valence electrons. The van der Waals surface area contributed by atoms with Crippen LogP contribution in [0.25, 0.3) is 0 Å². The van der Waals surface area contributed by atoms with E-state index >= 15 is 0 Å². The second kappa shape index (κ2) is 5.76. The average molecular weight is 256 g/mol. The number of rotatable bonds is 4. The summed E-state index contributed by atoms with van der Waals surface area (Å²) in [5.41, 5.74) is 9.87. The third-order valence-corrected chi connectivity index (χ3v) is 3.25. The zero-order chi connectivity index (χ0) is 13.8. The lowest BCUT2D eigenvalue weighted by Crippen LogP contribution is -2.18. The van der Waals surface area contributed by atoms with Crippen molar-refractivity contribution in [3.05, 3.63) is 59.2 Å². The van der Waals surface area contributed by atoms with Crippen LogP contribution in [0, 0.1) is 6.92 Å². The Kier molecular flexibility index (Phi) is 4.07. The summed E-state index contributed by atoms with van der Waals surface area (Å²) in [4.78, 5) is 2.16. The molecule has 0 bridgehead atoms. The highest BCUT2D eigenvalue weighted by molar-refractivity contribution is 5.47. The Labute approximate surface area is 114 Å². The second-order valence-electron chi connectivity index (χ2n) is 4.99. The van der Waals surface area contributed by atoms with Gasteiger partial charge in [-0.05, 0) is 43.3 Å². The first kappa shape index (κ1) is 13.4. The van der Waals surface area contributed by atoms with Crippen molar-refractivity contribution in [2.45, 2.75) is 20.0 Å². The summed E-state index contributed by atoms with van der Waals surface area (Å²) in [6.45, 7) is 3.63. The summed E-state index contributed by atoms with van der Waals surface area (Å²) in [5, 5.41) is 9.82. The average Bonchev–Trinajstić information content (AvgIpc) is 2.37. The molecule has 0 aliphatic heterocycles. The highest BCUT2D eigenvalue weighted by Gasteiger charge is 2.07. The van der Waals surface area contributed by atoms with E-state index in [4.69, 9.17) is 5.73 Å². The van der Waals surface area contributed by atoms with Gasteiger partial charge in [0.25, 0.3) is 0 Å². The van der Waals surface area contributed by atoms with E-state index in [1.165, 1.54) is 11.1 Å². The Morgan fingerprint density at radius 2 is 1.74 bits per heavy atom. The van der Waals surface area contributed by atoms with Crippen LogP contribution in [0.4, 0.5) is 5.69 Å². The fourth-order valence-electron chi connectivity index (χ4n) is 2.16. The molecule has 0 spiro atoms. The van der Waals surface area contributed by atoms with Gasteiger partial charge in [-0.1, -0.05) is 24.3 Å². The third-order valence-electron chi connectivity index (χ3n) is 3.25. The number of benzene rings is 2. The highest BCUT2D eigenvalue weighted by atomic mass is 16.3. The number of hydrogen-bond donors (Lipinski definition) is 2. The van der Waals surface area contributed by atoms with Crippen LogP contribution in [0.2, 0.25) is 0 Å². The zero-order valence-electron chi connectivity index (χ0n) is 11.4. The van der Waals surface area contributed by atoms with Gasteiger partial charge in [0.2, 0.25) is 0 Å². The van der Waals surface area contributed by atoms with Crippen molar-refractivity contribution < 1.29 is 5.11 Å². The smallest absolute Gasteiger partial charge is 0.120 e. The van der Waals surface area contributed by atoms with Gasteiger partial charge in [-0.25, -0.2) is 0 Å². The van der Waals surface area contributed by atoms with E-state index in [2.05, 4.69) is 24.0 Å². The van der Waals surface area contributed by atoms with Gasteiger partial charge in [0, 0.05) is 24.3 Å². The molecule has 0 amide bonds. The monoisotopic (exact) mass is 256 g/mol. The standard InChI is InChI=1S/C16H20N2O/c1-12-5-3-4-6-13(12)10-18(2)11-14-9-15(17)7-8-16(14)19/h3-9,19H,10-11,17H2,1-2H3. The lowest BCUT2D eigenvalue weighted by molar-refractivity contribution is 0.312. The summed E-state index contributed by atoms with van der Waals surface area (Å²) >= 11 is 0. The number of anilines is 1. The van der Waals surface area contributed by atoms with Gasteiger partial charge in [0.15, 0.2) is 0 Å². The number of nitrogens with two attached hydrogens (primary N) is 1. The molecule has 0 radical (unpaired) electrons. The maximum Gasteiger partial charge on any atom is 0.120 e. The van der Waals surface area contributed by atoms with Crippen molar-refractivity contribution in [1.82, 2.24) is 4.90 Å². The molecule has 0 saturated carbocycles. The molecule has 0 heterocycles. The largest absolute Gasteiger partial charge is 0.508 e. The summed E-state index contributed by atoms with van der Waals surface area (Å²) < 4.78 is 0. The van der Waals surface area contributed by atoms with Gasteiger partial charge >= 0.3 is 0 Å². The molecule has 2 aromatic carbocycles. The minimum atomic E-state index is 0.297. The van der Waals surface area contributed by atoms with Crippen LogP contribution in [-0.4, -0.2) is 17.1 Å². The zero-order valence-corrected chi connectivity index (χ0v) is 11.4. The molecule has 0 fully saturated rings. The fourth-order valence-corrected chi connectivity index (χ4v) is 2.16. The molecular weight excluding hydrogens is 236 g/mol. The molecule has 0 atom stereocenters. The molecule has 3 N–H and O–H groups in total. The number of nitrogens with zero attached hydrogens (tertiary/aromatic N) is 1. The van der Waals surface area contributed by atoms with E-state index in [0.717, 1.165) is 12.1 Å².